The van der Waals surface area contributed by atoms with Gasteiger partial charge in [0.1, 0.15) is 12.2 Å². The summed E-state index contributed by atoms with van der Waals surface area (Å²) in [6.45, 7) is 11.2. The summed E-state index contributed by atoms with van der Waals surface area (Å²) in [5, 5.41) is 68.6. The molecule has 0 rings (SSSR count). The molecule has 0 heterocycles. The van der Waals surface area contributed by atoms with E-state index >= 15 is 0 Å². The fourth-order valence-corrected chi connectivity index (χ4v) is 1.88. The number of nitrogens with two attached hydrogens (primary N) is 1. The molecule has 0 spiro atoms. The minimum Gasteiger partial charge on any atom is -0.394 e. The van der Waals surface area contributed by atoms with E-state index in [1.54, 1.807) is 20.9 Å². The van der Waals surface area contributed by atoms with Gasteiger partial charge in [0.05, 0.1) is 37.1 Å². The second kappa shape index (κ2) is 20.5. The van der Waals surface area contributed by atoms with Gasteiger partial charge in [0.15, 0.2) is 0 Å². The zero-order valence-electron chi connectivity index (χ0n) is 19.6. The van der Waals surface area contributed by atoms with Crippen LogP contribution in [0.2, 0.25) is 0 Å². The summed E-state index contributed by atoms with van der Waals surface area (Å²) in [5.74, 6) is 0.670. The number of nitrogens with one attached hydrogen (secondary N) is 2. The molecule has 0 saturated heterocycles. The Labute approximate surface area is 182 Å². The van der Waals surface area contributed by atoms with E-state index in [-0.39, 0.29) is 25.9 Å². The first kappa shape index (κ1) is 34.2. The summed E-state index contributed by atoms with van der Waals surface area (Å²) >= 11 is 0. The van der Waals surface area contributed by atoms with Gasteiger partial charge in [-0.2, -0.15) is 0 Å². The second-order valence-electron chi connectivity index (χ2n) is 8.02. The van der Waals surface area contributed by atoms with E-state index in [9.17, 15) is 20.4 Å². The van der Waals surface area contributed by atoms with E-state index in [0.29, 0.717) is 25.3 Å². The van der Waals surface area contributed by atoms with Crippen LogP contribution >= 0.6 is 0 Å². The Kier molecular flexibility index (Phi) is 23.4. The highest BCUT2D eigenvalue weighted by Gasteiger charge is 2.28. The van der Waals surface area contributed by atoms with Crippen molar-refractivity contribution >= 4 is 0 Å². The molecule has 0 aliphatic heterocycles. The maximum atomic E-state index is 9.32. The van der Waals surface area contributed by atoms with E-state index in [2.05, 4.69) is 24.5 Å². The van der Waals surface area contributed by atoms with Crippen LogP contribution in [-0.4, -0.2) is 112 Å². The van der Waals surface area contributed by atoms with Crippen LogP contribution in [0.15, 0.2) is 0 Å². The van der Waals surface area contributed by atoms with Crippen LogP contribution in [0, 0.1) is 5.92 Å². The molecule has 0 aromatic rings. The molecule has 0 saturated carbocycles. The number of rotatable bonds is 13. The SMILES string of the molecule is CC(C)CNCC(C)O.CCC(N)(CO)CO.CCC(O)C(O)C(O)C(O)CNC. The molecule has 0 amide bonds. The Morgan fingerprint density at radius 2 is 1.27 bits per heavy atom. The van der Waals surface area contributed by atoms with E-state index < -0.39 is 30.0 Å². The van der Waals surface area contributed by atoms with Gasteiger partial charge in [0.25, 0.3) is 0 Å². The van der Waals surface area contributed by atoms with Crippen LogP contribution in [0.3, 0.4) is 0 Å². The quantitative estimate of drug-likeness (QED) is 0.149. The molecule has 5 atom stereocenters. The van der Waals surface area contributed by atoms with Crippen molar-refractivity contribution in [3.05, 3.63) is 0 Å². The average Bonchev–Trinajstić information content (AvgIpc) is 2.72. The Morgan fingerprint density at radius 3 is 1.53 bits per heavy atom. The van der Waals surface area contributed by atoms with Crippen molar-refractivity contribution in [1.82, 2.24) is 10.6 Å². The predicted molar refractivity (Wildman–Crippen MR) is 119 cm³/mol. The van der Waals surface area contributed by atoms with Crippen LogP contribution < -0.4 is 16.4 Å². The maximum Gasteiger partial charge on any atom is 0.109 e. The zero-order chi connectivity index (χ0) is 24.3. The van der Waals surface area contributed by atoms with Gasteiger partial charge >= 0.3 is 0 Å². The van der Waals surface area contributed by atoms with Gasteiger partial charge < -0.3 is 52.1 Å². The first-order chi connectivity index (χ1) is 13.8. The molecule has 186 valence electrons. The molecule has 10 heteroatoms. The van der Waals surface area contributed by atoms with Crippen LogP contribution in [0.4, 0.5) is 0 Å². The molecule has 0 aromatic carbocycles. The van der Waals surface area contributed by atoms with Crippen LogP contribution in [0.5, 0.6) is 0 Å². The minimum atomic E-state index is -1.32. The molecule has 0 radical (unpaired) electrons. The summed E-state index contributed by atoms with van der Waals surface area (Å²) < 4.78 is 0. The van der Waals surface area contributed by atoms with E-state index in [1.807, 2.05) is 6.92 Å². The van der Waals surface area contributed by atoms with E-state index in [1.165, 1.54) is 0 Å². The van der Waals surface area contributed by atoms with Gasteiger partial charge in [-0.25, -0.2) is 0 Å². The Balaban J connectivity index is -0.000000379. The fourth-order valence-electron chi connectivity index (χ4n) is 1.88. The monoisotopic (exact) mass is 443 g/mol. The summed E-state index contributed by atoms with van der Waals surface area (Å²) in [6.07, 6.45) is -3.97. The summed E-state index contributed by atoms with van der Waals surface area (Å²) in [7, 11) is 1.62. The van der Waals surface area contributed by atoms with Crippen molar-refractivity contribution in [2.75, 3.05) is 39.9 Å². The van der Waals surface area contributed by atoms with Crippen molar-refractivity contribution in [3.63, 3.8) is 0 Å². The Hall–Kier alpha value is -0.400. The smallest absolute Gasteiger partial charge is 0.109 e. The standard InChI is InChI=1S/C8H19NO4.C7H17NO.C5H13NO2/c1-3-5(10)7(12)8(13)6(11)4-9-2;1-6(2)4-8-5-7(3)9;1-2-5(6,3-7)4-8/h5-13H,3-4H2,1-2H3;6-9H,4-5H2,1-3H3;7-8H,2-4,6H2,1H3. The summed E-state index contributed by atoms with van der Waals surface area (Å²) in [6, 6.07) is 0. The molecule has 0 aliphatic carbocycles. The van der Waals surface area contributed by atoms with Gasteiger partial charge in [-0.1, -0.05) is 27.7 Å². The first-order valence-corrected chi connectivity index (χ1v) is 10.6. The molecular weight excluding hydrogens is 394 g/mol. The molecule has 30 heavy (non-hydrogen) atoms. The summed E-state index contributed by atoms with van der Waals surface area (Å²) in [4.78, 5) is 0. The van der Waals surface area contributed by atoms with Crippen molar-refractivity contribution < 1.29 is 35.7 Å². The molecule has 5 unspecified atom stereocenters. The molecule has 0 aliphatic rings. The topological polar surface area (TPSA) is 192 Å². The molecule has 11 N–H and O–H groups in total. The van der Waals surface area contributed by atoms with Crippen LogP contribution in [0.25, 0.3) is 0 Å². The molecule has 0 aromatic heterocycles. The molecule has 0 bridgehead atoms. The lowest BCUT2D eigenvalue weighted by Crippen LogP contribution is -2.47. The number of hydrogen-bond acceptors (Lipinski definition) is 10. The second-order valence-corrected chi connectivity index (χ2v) is 8.02. The maximum absolute atomic E-state index is 9.32. The fraction of sp³-hybridized carbons (Fsp3) is 1.00. The number of aliphatic hydroxyl groups excluding tert-OH is 7. The van der Waals surface area contributed by atoms with E-state index in [0.717, 1.165) is 6.54 Å². The van der Waals surface area contributed by atoms with Gasteiger partial charge in [-0.15, -0.1) is 0 Å². The normalized spacial score (nSPS) is 16.5. The molecule has 10 nitrogen and oxygen atoms in total. The highest BCUT2D eigenvalue weighted by atomic mass is 16.4. The first-order valence-electron chi connectivity index (χ1n) is 10.6. The van der Waals surface area contributed by atoms with E-state index in [4.69, 9.17) is 21.1 Å². The van der Waals surface area contributed by atoms with Gasteiger partial charge in [-0.3, -0.25) is 0 Å². The lowest BCUT2D eigenvalue weighted by molar-refractivity contribution is -0.104. The highest BCUT2D eigenvalue weighted by Crippen LogP contribution is 2.07. The minimum absolute atomic E-state index is 0.153. The molecule has 0 fully saturated rings. The average molecular weight is 444 g/mol. The number of aliphatic hydroxyl groups is 7. The lowest BCUT2D eigenvalue weighted by Gasteiger charge is -2.25. The van der Waals surface area contributed by atoms with Gasteiger partial charge in [-0.05, 0) is 39.3 Å². The highest BCUT2D eigenvalue weighted by molar-refractivity contribution is 4.81. The Morgan fingerprint density at radius 1 is 0.800 bits per heavy atom. The van der Waals surface area contributed by atoms with Crippen molar-refractivity contribution in [1.29, 1.82) is 0 Å². The molecular formula is C20H49N3O7. The van der Waals surface area contributed by atoms with Crippen LogP contribution in [0.1, 0.15) is 47.5 Å². The van der Waals surface area contributed by atoms with Gasteiger partial charge in [0.2, 0.25) is 0 Å². The van der Waals surface area contributed by atoms with Crippen LogP contribution in [-0.2, 0) is 0 Å². The van der Waals surface area contributed by atoms with Crippen molar-refractivity contribution in [2.45, 2.75) is 83.5 Å². The van der Waals surface area contributed by atoms with Crippen molar-refractivity contribution in [3.8, 4) is 0 Å². The largest absolute Gasteiger partial charge is 0.394 e. The van der Waals surface area contributed by atoms with Gasteiger partial charge in [0, 0.05) is 13.1 Å². The predicted octanol–water partition coefficient (Wildman–Crippen LogP) is -2.25. The third-order valence-corrected chi connectivity index (χ3v) is 4.30. The Bertz CT molecular complexity index is 343. The zero-order valence-corrected chi connectivity index (χ0v) is 19.6. The number of likely N-dealkylation sites (N-methyl/N-ethyl adjacent to an activating group) is 1. The van der Waals surface area contributed by atoms with Crippen molar-refractivity contribution in [2.24, 2.45) is 11.7 Å². The third kappa shape index (κ3) is 19.6. The lowest BCUT2D eigenvalue weighted by atomic mass is 10.0. The third-order valence-electron chi connectivity index (χ3n) is 4.30. The number of hydrogen-bond donors (Lipinski definition) is 10. The summed E-state index contributed by atoms with van der Waals surface area (Å²) in [5.41, 5.74) is 4.63.